The highest BCUT2D eigenvalue weighted by molar-refractivity contribution is 8.00. The highest BCUT2D eigenvalue weighted by atomic mass is 32.2. The molecule has 5 atom stereocenters. The first-order valence-corrected chi connectivity index (χ1v) is 19.1. The lowest BCUT2D eigenvalue weighted by molar-refractivity contribution is -0.148. The molecule has 0 aliphatic carbocycles. The lowest BCUT2D eigenvalue weighted by Gasteiger charge is -2.34. The Morgan fingerprint density at radius 2 is 1.72 bits per heavy atom. The molecule has 0 bridgehead atoms. The third-order valence-electron chi connectivity index (χ3n) is 10.4. The van der Waals surface area contributed by atoms with Gasteiger partial charge in [-0.25, -0.2) is 0 Å². The van der Waals surface area contributed by atoms with Gasteiger partial charge in [-0.05, 0) is 74.9 Å². The van der Waals surface area contributed by atoms with Gasteiger partial charge in [0.15, 0.2) is 23.2 Å². The quantitative estimate of drug-likeness (QED) is 0.156. The summed E-state index contributed by atoms with van der Waals surface area (Å²) in [5.74, 6) is -1.93. The predicted molar refractivity (Wildman–Crippen MR) is 206 cm³/mol. The topological polar surface area (TPSA) is 159 Å². The standard InChI is InChI=1S/C41H48N4O8S/c1-24-11-9-12-25(2)29(24)21-42-39(49)36-41(3,4)54-23-45(36)40(50)34(46)30(19-26-13-7-6-8-14-26)43-38(48)33(28-17-18-52-22-28)44-37(47)32-20-27-15-10-16-31(51-5)35(27)53-32/h6-16,20,28,30,33-34,36,46H,17-19,21-23H2,1-5H3,(H,42,49)(H,43,48)(H,44,47)/t28-,30-,33-,34-,36+/m0/s1. The van der Waals surface area contributed by atoms with E-state index >= 15 is 0 Å². The smallest absolute Gasteiger partial charge is 0.287 e. The molecule has 13 heteroatoms. The van der Waals surface area contributed by atoms with Crippen LogP contribution in [-0.2, 0) is 32.1 Å². The van der Waals surface area contributed by atoms with E-state index < -0.39 is 46.7 Å². The molecule has 0 saturated carbocycles. The van der Waals surface area contributed by atoms with E-state index in [0.29, 0.717) is 36.3 Å². The summed E-state index contributed by atoms with van der Waals surface area (Å²) in [7, 11) is 1.51. The van der Waals surface area contributed by atoms with Crippen molar-refractivity contribution in [3.63, 3.8) is 0 Å². The van der Waals surface area contributed by atoms with E-state index in [1.807, 2.05) is 76.2 Å². The molecule has 4 aromatic rings. The number of amides is 4. The van der Waals surface area contributed by atoms with Crippen molar-refractivity contribution in [3.8, 4) is 5.75 Å². The van der Waals surface area contributed by atoms with Gasteiger partial charge in [-0.2, -0.15) is 0 Å². The summed E-state index contributed by atoms with van der Waals surface area (Å²) in [5.41, 5.74) is 4.28. The van der Waals surface area contributed by atoms with Crippen LogP contribution in [-0.4, -0.2) is 88.8 Å². The second-order valence-electron chi connectivity index (χ2n) is 14.5. The van der Waals surface area contributed by atoms with Crippen LogP contribution in [0, 0.1) is 19.8 Å². The number of benzene rings is 3. The Labute approximate surface area is 319 Å². The third kappa shape index (κ3) is 8.43. The molecule has 2 saturated heterocycles. The minimum atomic E-state index is -1.71. The van der Waals surface area contributed by atoms with Gasteiger partial charge in [0.05, 0.1) is 25.6 Å². The number of para-hydroxylation sites is 1. The minimum Gasteiger partial charge on any atom is -0.493 e. The number of hydrogen-bond donors (Lipinski definition) is 4. The van der Waals surface area contributed by atoms with Gasteiger partial charge in [0.2, 0.25) is 11.8 Å². The molecule has 1 aromatic heterocycles. The van der Waals surface area contributed by atoms with Crippen LogP contribution >= 0.6 is 11.8 Å². The number of ether oxygens (including phenoxy) is 2. The van der Waals surface area contributed by atoms with Gasteiger partial charge in [-0.15, -0.1) is 11.8 Å². The molecule has 12 nitrogen and oxygen atoms in total. The molecule has 2 fully saturated rings. The average molecular weight is 757 g/mol. The number of nitrogens with one attached hydrogen (secondary N) is 3. The summed E-state index contributed by atoms with van der Waals surface area (Å²) in [5, 5.41) is 21.3. The lowest BCUT2D eigenvalue weighted by Crippen LogP contribution is -2.60. The molecule has 2 aliphatic heterocycles. The molecule has 6 rings (SSSR count). The van der Waals surface area contributed by atoms with Crippen molar-refractivity contribution in [2.45, 2.75) is 76.1 Å². The van der Waals surface area contributed by atoms with Crippen molar-refractivity contribution in [3.05, 3.63) is 101 Å². The summed E-state index contributed by atoms with van der Waals surface area (Å²) in [6.45, 7) is 8.72. The minimum absolute atomic E-state index is 0.00156. The first kappa shape index (κ1) is 38.9. The molecule has 3 heterocycles. The molecule has 3 aromatic carbocycles. The molecule has 4 amide bonds. The zero-order valence-electron chi connectivity index (χ0n) is 31.2. The van der Waals surface area contributed by atoms with E-state index in [0.717, 1.165) is 22.3 Å². The Morgan fingerprint density at radius 3 is 2.41 bits per heavy atom. The summed E-state index contributed by atoms with van der Waals surface area (Å²) >= 11 is 1.45. The van der Waals surface area contributed by atoms with E-state index in [2.05, 4.69) is 16.0 Å². The number of carbonyl (C=O) groups is 4. The number of fused-ring (bicyclic) bond motifs is 1. The van der Waals surface area contributed by atoms with Crippen LogP contribution in [0.5, 0.6) is 5.75 Å². The van der Waals surface area contributed by atoms with Gasteiger partial charge in [0.1, 0.15) is 12.1 Å². The number of nitrogens with zero attached hydrogens (tertiary/aromatic N) is 1. The third-order valence-corrected chi connectivity index (χ3v) is 11.8. The monoisotopic (exact) mass is 756 g/mol. The number of aliphatic hydroxyl groups is 1. The van der Waals surface area contributed by atoms with Gasteiger partial charge in [0.25, 0.3) is 11.8 Å². The fourth-order valence-electron chi connectivity index (χ4n) is 7.27. The first-order chi connectivity index (χ1) is 25.9. The molecular formula is C41H48N4O8S. The lowest BCUT2D eigenvalue weighted by atomic mass is 9.94. The van der Waals surface area contributed by atoms with E-state index in [4.69, 9.17) is 13.9 Å². The molecule has 0 spiro atoms. The number of thioether (sulfide) groups is 1. The van der Waals surface area contributed by atoms with Crippen LogP contribution < -0.4 is 20.7 Å². The number of furan rings is 1. The van der Waals surface area contributed by atoms with Gasteiger partial charge < -0.3 is 39.8 Å². The van der Waals surface area contributed by atoms with Crippen LogP contribution in [0.2, 0.25) is 0 Å². The Hall–Kier alpha value is -4.85. The molecular weight excluding hydrogens is 709 g/mol. The second kappa shape index (κ2) is 16.7. The van der Waals surface area contributed by atoms with Crippen molar-refractivity contribution in [2.75, 3.05) is 26.2 Å². The van der Waals surface area contributed by atoms with Gasteiger partial charge in [-0.1, -0.05) is 60.7 Å². The first-order valence-electron chi connectivity index (χ1n) is 18.1. The fourth-order valence-corrected chi connectivity index (χ4v) is 8.41. The highest BCUT2D eigenvalue weighted by Crippen LogP contribution is 2.40. The zero-order valence-corrected chi connectivity index (χ0v) is 32.0. The number of carbonyl (C=O) groups excluding carboxylic acids is 4. The SMILES string of the molecule is COc1cccc2cc(C(=O)N[C@H](C(=O)N[C@@H](Cc3ccccc3)[C@H](O)C(=O)N3CSC(C)(C)[C@H]3C(=O)NCc3c(C)cccc3C)[C@H]3CCOC3)oc12. The van der Waals surface area contributed by atoms with Gasteiger partial charge in [-0.3, -0.25) is 19.2 Å². The van der Waals surface area contributed by atoms with Crippen molar-refractivity contribution >= 4 is 46.4 Å². The Kier molecular flexibility index (Phi) is 12.0. The molecule has 0 unspecified atom stereocenters. The fraction of sp³-hybridized carbons (Fsp3) is 0.415. The van der Waals surface area contributed by atoms with Crippen molar-refractivity contribution < 1.29 is 38.2 Å². The Balaban J connectivity index is 1.23. The summed E-state index contributed by atoms with van der Waals surface area (Å²) in [6.07, 6.45) is -1.09. The van der Waals surface area contributed by atoms with Crippen LogP contribution in [0.15, 0.2) is 77.2 Å². The predicted octanol–water partition coefficient (Wildman–Crippen LogP) is 4.28. The van der Waals surface area contributed by atoms with Crippen LogP contribution in [0.25, 0.3) is 11.0 Å². The normalized spacial score (nSPS) is 19.6. The number of rotatable bonds is 13. The van der Waals surface area contributed by atoms with Crippen molar-refractivity contribution in [2.24, 2.45) is 5.92 Å². The van der Waals surface area contributed by atoms with E-state index in [1.54, 1.807) is 24.3 Å². The zero-order chi connectivity index (χ0) is 38.6. The largest absolute Gasteiger partial charge is 0.493 e. The van der Waals surface area contributed by atoms with Crippen molar-refractivity contribution in [1.82, 2.24) is 20.9 Å². The molecule has 0 radical (unpaired) electrons. The number of aryl methyl sites for hydroxylation is 2. The Bertz CT molecular complexity index is 1970. The average Bonchev–Trinajstić information content (AvgIpc) is 3.92. The number of hydrogen-bond acceptors (Lipinski definition) is 9. The van der Waals surface area contributed by atoms with Crippen LogP contribution in [0.3, 0.4) is 0 Å². The summed E-state index contributed by atoms with van der Waals surface area (Å²) in [4.78, 5) is 57.4. The van der Waals surface area contributed by atoms with E-state index in [1.165, 1.54) is 23.8 Å². The van der Waals surface area contributed by atoms with Crippen LogP contribution in [0.4, 0.5) is 0 Å². The maximum atomic E-state index is 14.3. The maximum absolute atomic E-state index is 14.3. The van der Waals surface area contributed by atoms with Gasteiger partial charge in [0, 0.05) is 29.2 Å². The molecule has 2 aliphatic rings. The highest BCUT2D eigenvalue weighted by Gasteiger charge is 2.50. The van der Waals surface area contributed by atoms with Gasteiger partial charge >= 0.3 is 0 Å². The van der Waals surface area contributed by atoms with Crippen molar-refractivity contribution in [1.29, 1.82) is 0 Å². The Morgan fingerprint density at radius 1 is 1.00 bits per heavy atom. The van der Waals surface area contributed by atoms with E-state index in [9.17, 15) is 24.3 Å². The van der Waals surface area contributed by atoms with E-state index in [-0.39, 0.29) is 36.5 Å². The number of aliphatic hydroxyl groups excluding tert-OH is 1. The molecule has 4 N–H and O–H groups in total. The molecule has 54 heavy (non-hydrogen) atoms. The molecule has 286 valence electrons. The second-order valence-corrected chi connectivity index (χ2v) is 16.1. The number of methoxy groups -OCH3 is 1. The summed E-state index contributed by atoms with van der Waals surface area (Å²) < 4.78 is 16.2. The maximum Gasteiger partial charge on any atom is 0.287 e. The summed E-state index contributed by atoms with van der Waals surface area (Å²) in [6, 6.07) is 19.0. The van der Waals surface area contributed by atoms with Crippen LogP contribution in [0.1, 0.15) is 53.1 Å².